The Morgan fingerprint density at radius 1 is 0.292 bits per heavy atom. The minimum atomic E-state index is 0.998. The summed E-state index contributed by atoms with van der Waals surface area (Å²) in [7, 11) is 0. The van der Waals surface area contributed by atoms with E-state index >= 15 is 0 Å². The number of hydrogen-bond donors (Lipinski definition) is 0. The van der Waals surface area contributed by atoms with Crippen LogP contribution in [-0.4, -0.2) is 0 Å². The van der Waals surface area contributed by atoms with E-state index in [9.17, 15) is 0 Å². The van der Waals surface area contributed by atoms with Gasteiger partial charge in [0, 0.05) is 0 Å². The summed E-state index contributed by atoms with van der Waals surface area (Å²) >= 11 is 0. The second-order valence-electron chi connectivity index (χ2n) is 13.2. The number of benzene rings is 9. The van der Waals surface area contributed by atoms with Gasteiger partial charge in [0.2, 0.25) is 0 Å². The third kappa shape index (κ3) is 4.30. The molecule has 0 aromatic heterocycles. The standard InChI is InChI=1S/C48H32/c1-2-9-41-40(6-1)30-46(44-11-4-3-10-43(41)44)36-22-18-34(19-23-36)32-14-12-31(13-15-32)33-16-20-35(21-17-33)42-28-26-39-25-24-37-7-5-8-38-27-29-45(42)48(39)47(37)38/h1-9,12-30H,10-11H2. The molecule has 1 aliphatic carbocycles. The minimum Gasteiger partial charge on any atom is -0.0838 e. The molecular weight excluding hydrogens is 577 g/mol. The summed E-state index contributed by atoms with van der Waals surface area (Å²) in [6.07, 6.45) is 6.64. The van der Waals surface area contributed by atoms with Gasteiger partial charge in [0.25, 0.3) is 0 Å². The van der Waals surface area contributed by atoms with Crippen LogP contribution >= 0.6 is 0 Å². The van der Waals surface area contributed by atoms with Crippen LogP contribution in [0.15, 0.2) is 170 Å². The van der Waals surface area contributed by atoms with Crippen molar-refractivity contribution >= 4 is 43.1 Å². The van der Waals surface area contributed by atoms with E-state index in [2.05, 4.69) is 170 Å². The first-order valence-corrected chi connectivity index (χ1v) is 17.0. The van der Waals surface area contributed by atoms with Gasteiger partial charge in [0.05, 0.1) is 0 Å². The summed E-state index contributed by atoms with van der Waals surface area (Å²) in [4.78, 5) is 0. The molecule has 0 atom stereocenters. The van der Waals surface area contributed by atoms with Crippen molar-refractivity contribution in [2.75, 3.05) is 0 Å². The Morgan fingerprint density at radius 3 is 1.42 bits per heavy atom. The maximum atomic E-state index is 2.38. The van der Waals surface area contributed by atoms with Crippen molar-refractivity contribution in [2.45, 2.75) is 12.8 Å². The van der Waals surface area contributed by atoms with Gasteiger partial charge in [-0.1, -0.05) is 164 Å². The smallest absolute Gasteiger partial charge is 0.00206 e. The van der Waals surface area contributed by atoms with Gasteiger partial charge in [-0.2, -0.15) is 0 Å². The maximum Gasteiger partial charge on any atom is -0.00206 e. The molecule has 0 unspecified atom stereocenters. The van der Waals surface area contributed by atoms with Gasteiger partial charge >= 0.3 is 0 Å². The summed E-state index contributed by atoms with van der Waals surface area (Å²) in [5, 5.41) is 10.7. The third-order valence-electron chi connectivity index (χ3n) is 10.6. The van der Waals surface area contributed by atoms with Gasteiger partial charge in [-0.3, -0.25) is 0 Å². The molecular formula is C48H32. The van der Waals surface area contributed by atoms with Crippen LogP contribution in [0, 0.1) is 0 Å². The maximum absolute atomic E-state index is 2.38. The fraction of sp³-hybridized carbons (Fsp3) is 0.0417. The molecule has 0 bridgehead atoms. The van der Waals surface area contributed by atoms with Crippen molar-refractivity contribution in [2.24, 2.45) is 0 Å². The second-order valence-corrected chi connectivity index (χ2v) is 13.2. The van der Waals surface area contributed by atoms with Crippen LogP contribution in [0.1, 0.15) is 11.1 Å². The zero-order valence-corrected chi connectivity index (χ0v) is 26.6. The van der Waals surface area contributed by atoms with E-state index in [4.69, 9.17) is 0 Å². The highest BCUT2D eigenvalue weighted by Crippen LogP contribution is 2.40. The first kappa shape index (κ1) is 27.2. The lowest BCUT2D eigenvalue weighted by molar-refractivity contribution is 1.11. The second kappa shape index (κ2) is 10.8. The fourth-order valence-electron chi connectivity index (χ4n) is 8.12. The molecule has 1 aliphatic rings. The summed E-state index contributed by atoms with van der Waals surface area (Å²) in [6.45, 7) is 0. The molecule has 0 saturated heterocycles. The largest absolute Gasteiger partial charge is 0.0838 e. The zero-order valence-electron chi connectivity index (χ0n) is 26.6. The average molecular weight is 609 g/mol. The molecule has 48 heavy (non-hydrogen) atoms. The number of rotatable bonds is 4. The highest BCUT2D eigenvalue weighted by Gasteiger charge is 2.16. The summed E-state index contributed by atoms with van der Waals surface area (Å²) in [5.41, 5.74) is 13.1. The molecule has 0 heterocycles. The SMILES string of the molecule is C1=CCc2c(c(-c3ccc(-c4ccc(-c5ccc(-c6ccc7ccc8cccc9ccc6c7c89)cc5)cc4)cc3)cc3ccccc23)C1. The lowest BCUT2D eigenvalue weighted by atomic mass is 9.85. The van der Waals surface area contributed by atoms with Crippen molar-refractivity contribution in [1.29, 1.82) is 0 Å². The monoisotopic (exact) mass is 608 g/mol. The van der Waals surface area contributed by atoms with E-state index in [1.165, 1.54) is 98.7 Å². The van der Waals surface area contributed by atoms with Crippen LogP contribution in [0.5, 0.6) is 0 Å². The molecule has 9 aromatic carbocycles. The van der Waals surface area contributed by atoms with Gasteiger partial charge in [-0.25, -0.2) is 0 Å². The summed E-state index contributed by atoms with van der Waals surface area (Å²) < 4.78 is 0. The molecule has 10 rings (SSSR count). The van der Waals surface area contributed by atoms with Gasteiger partial charge in [-0.05, 0) is 118 Å². The molecule has 224 valence electrons. The summed E-state index contributed by atoms with van der Waals surface area (Å²) in [6, 6.07) is 58.6. The van der Waals surface area contributed by atoms with E-state index in [1.807, 2.05) is 0 Å². The Kier molecular flexibility index (Phi) is 6.11. The first-order chi connectivity index (χ1) is 23.8. The van der Waals surface area contributed by atoms with Crippen LogP contribution in [0.4, 0.5) is 0 Å². The molecule has 0 radical (unpaired) electrons. The first-order valence-electron chi connectivity index (χ1n) is 17.0. The predicted molar refractivity (Wildman–Crippen MR) is 206 cm³/mol. The van der Waals surface area contributed by atoms with Crippen LogP contribution in [0.2, 0.25) is 0 Å². The van der Waals surface area contributed by atoms with Gasteiger partial charge < -0.3 is 0 Å². The average Bonchev–Trinajstić information content (AvgIpc) is 3.17. The molecule has 0 aliphatic heterocycles. The Labute approximate surface area is 280 Å². The van der Waals surface area contributed by atoms with E-state index in [0.29, 0.717) is 0 Å². The molecule has 0 nitrogen and oxygen atoms in total. The molecule has 0 saturated carbocycles. The molecule has 0 fully saturated rings. The van der Waals surface area contributed by atoms with Gasteiger partial charge in [0.15, 0.2) is 0 Å². The van der Waals surface area contributed by atoms with Crippen LogP contribution < -0.4 is 0 Å². The topological polar surface area (TPSA) is 0 Å². The Hall–Kier alpha value is -5.98. The normalized spacial score (nSPS) is 12.8. The highest BCUT2D eigenvalue weighted by atomic mass is 14.2. The fourth-order valence-corrected chi connectivity index (χ4v) is 8.12. The third-order valence-corrected chi connectivity index (χ3v) is 10.6. The quantitative estimate of drug-likeness (QED) is 0.138. The summed E-state index contributed by atoms with van der Waals surface area (Å²) in [5.74, 6) is 0. The van der Waals surface area contributed by atoms with E-state index in [-0.39, 0.29) is 0 Å². The zero-order chi connectivity index (χ0) is 31.6. The van der Waals surface area contributed by atoms with Crippen LogP contribution in [0.25, 0.3) is 87.6 Å². The van der Waals surface area contributed by atoms with Gasteiger partial charge in [-0.15, -0.1) is 0 Å². The van der Waals surface area contributed by atoms with Crippen molar-refractivity contribution < 1.29 is 0 Å². The van der Waals surface area contributed by atoms with Crippen molar-refractivity contribution in [3.8, 4) is 44.5 Å². The van der Waals surface area contributed by atoms with E-state index < -0.39 is 0 Å². The van der Waals surface area contributed by atoms with Crippen molar-refractivity contribution in [1.82, 2.24) is 0 Å². The molecule has 0 amide bonds. The lowest BCUT2D eigenvalue weighted by Gasteiger charge is -2.19. The van der Waals surface area contributed by atoms with Crippen molar-refractivity contribution in [3.05, 3.63) is 181 Å². The van der Waals surface area contributed by atoms with Crippen LogP contribution in [0.3, 0.4) is 0 Å². The predicted octanol–water partition coefficient (Wildman–Crippen LogP) is 13.1. The Bertz CT molecular complexity index is 2660. The molecule has 0 N–H and O–H groups in total. The minimum absolute atomic E-state index is 0.998. The molecule has 0 heteroatoms. The van der Waals surface area contributed by atoms with E-state index in [0.717, 1.165) is 12.8 Å². The number of allylic oxidation sites excluding steroid dienone is 2. The van der Waals surface area contributed by atoms with Crippen molar-refractivity contribution in [3.63, 3.8) is 0 Å². The Morgan fingerprint density at radius 2 is 0.771 bits per heavy atom. The van der Waals surface area contributed by atoms with Crippen LogP contribution in [-0.2, 0) is 12.8 Å². The highest BCUT2D eigenvalue weighted by molar-refractivity contribution is 6.25. The molecule has 0 spiro atoms. The lowest BCUT2D eigenvalue weighted by Crippen LogP contribution is -2.01. The Balaban J connectivity index is 0.937. The van der Waals surface area contributed by atoms with E-state index in [1.54, 1.807) is 0 Å². The van der Waals surface area contributed by atoms with Gasteiger partial charge in [0.1, 0.15) is 0 Å². The molecule has 9 aromatic rings. The number of hydrogen-bond acceptors (Lipinski definition) is 0. The number of fused-ring (bicyclic) bond motifs is 3.